The lowest BCUT2D eigenvalue weighted by molar-refractivity contribution is -0.139. The van der Waals surface area contributed by atoms with Crippen molar-refractivity contribution >= 4 is 12.0 Å². The fourth-order valence-corrected chi connectivity index (χ4v) is 5.95. The number of aliphatic carboxylic acids is 1. The number of aromatic nitrogens is 1. The number of carboxylic acids is 1. The topological polar surface area (TPSA) is 94.9 Å². The summed E-state index contributed by atoms with van der Waals surface area (Å²) in [5.74, 6) is 0.407. The Labute approximate surface area is 189 Å². The minimum absolute atomic E-state index is 0.0478. The summed E-state index contributed by atoms with van der Waals surface area (Å²) in [6, 6.07) is 5.63. The van der Waals surface area contributed by atoms with Crippen molar-refractivity contribution < 1.29 is 14.7 Å². The third kappa shape index (κ3) is 5.17. The number of likely N-dealkylation sites (tertiary alicyclic amines) is 2. The molecule has 4 heterocycles. The SMILES string of the molecule is CC(C)NC(=O)N1CCC(CC(=O)O)C(CCN2CC3CC(C2)c2cccc(=O)n2C3)C1. The lowest BCUT2D eigenvalue weighted by Crippen LogP contribution is -2.51. The molecule has 2 amide bonds. The number of rotatable bonds is 6. The number of piperidine rings is 2. The number of carbonyl (C=O) groups is 2. The molecule has 2 bridgehead atoms. The number of hydrogen-bond donors (Lipinski definition) is 2. The molecule has 2 N–H and O–H groups in total. The third-order valence-corrected chi connectivity index (χ3v) is 7.40. The fraction of sp³-hybridized carbons (Fsp3) is 0.708. The van der Waals surface area contributed by atoms with Gasteiger partial charge in [-0.2, -0.15) is 0 Å². The molecular formula is C24H36N4O4. The highest BCUT2D eigenvalue weighted by Crippen LogP contribution is 2.36. The summed E-state index contributed by atoms with van der Waals surface area (Å²) >= 11 is 0. The van der Waals surface area contributed by atoms with Crippen LogP contribution < -0.4 is 10.9 Å². The second-order valence-electron chi connectivity index (χ2n) is 10.2. The van der Waals surface area contributed by atoms with Gasteiger partial charge in [-0.05, 0) is 63.5 Å². The van der Waals surface area contributed by atoms with E-state index in [4.69, 9.17) is 0 Å². The van der Waals surface area contributed by atoms with Crippen LogP contribution >= 0.6 is 0 Å². The average molecular weight is 445 g/mol. The first-order chi connectivity index (χ1) is 15.3. The van der Waals surface area contributed by atoms with Gasteiger partial charge in [-0.3, -0.25) is 9.59 Å². The van der Waals surface area contributed by atoms with Gasteiger partial charge in [0.2, 0.25) is 0 Å². The van der Waals surface area contributed by atoms with E-state index in [-0.39, 0.29) is 35.9 Å². The molecule has 0 radical (unpaired) electrons. The first kappa shape index (κ1) is 22.8. The lowest BCUT2D eigenvalue weighted by Gasteiger charge is -2.44. The summed E-state index contributed by atoms with van der Waals surface area (Å²) in [4.78, 5) is 40.5. The largest absolute Gasteiger partial charge is 0.481 e. The highest BCUT2D eigenvalue weighted by atomic mass is 16.4. The molecule has 0 aromatic carbocycles. The third-order valence-electron chi connectivity index (χ3n) is 7.40. The van der Waals surface area contributed by atoms with Gasteiger partial charge >= 0.3 is 12.0 Å². The van der Waals surface area contributed by atoms with Crippen LogP contribution in [0.15, 0.2) is 23.0 Å². The summed E-state index contributed by atoms with van der Waals surface area (Å²) < 4.78 is 1.95. The van der Waals surface area contributed by atoms with Crippen LogP contribution in [0.2, 0.25) is 0 Å². The molecule has 4 atom stereocenters. The maximum Gasteiger partial charge on any atom is 0.317 e. The number of hydrogen-bond acceptors (Lipinski definition) is 4. The van der Waals surface area contributed by atoms with Crippen molar-refractivity contribution in [1.29, 1.82) is 0 Å². The molecule has 32 heavy (non-hydrogen) atoms. The van der Waals surface area contributed by atoms with Crippen LogP contribution in [0.4, 0.5) is 4.79 Å². The van der Waals surface area contributed by atoms with E-state index in [2.05, 4.69) is 16.3 Å². The van der Waals surface area contributed by atoms with Crippen LogP contribution in [-0.2, 0) is 11.3 Å². The number of nitrogens with zero attached hydrogens (tertiary/aromatic N) is 3. The Morgan fingerprint density at radius 2 is 1.97 bits per heavy atom. The molecule has 8 nitrogen and oxygen atoms in total. The van der Waals surface area contributed by atoms with E-state index >= 15 is 0 Å². The summed E-state index contributed by atoms with van der Waals surface area (Å²) in [5.41, 5.74) is 1.25. The molecule has 4 rings (SSSR count). The zero-order valence-corrected chi connectivity index (χ0v) is 19.2. The summed E-state index contributed by atoms with van der Waals surface area (Å²) in [6.07, 6.45) is 2.94. The molecule has 0 spiro atoms. The number of amides is 2. The molecule has 3 aliphatic rings. The van der Waals surface area contributed by atoms with E-state index in [1.807, 2.05) is 29.4 Å². The van der Waals surface area contributed by atoms with E-state index in [0.717, 1.165) is 51.1 Å². The zero-order chi connectivity index (χ0) is 22.8. The van der Waals surface area contributed by atoms with E-state index in [9.17, 15) is 19.5 Å². The maximum absolute atomic E-state index is 12.5. The quantitative estimate of drug-likeness (QED) is 0.701. The van der Waals surface area contributed by atoms with E-state index in [1.165, 1.54) is 0 Å². The highest BCUT2D eigenvalue weighted by molar-refractivity contribution is 5.74. The van der Waals surface area contributed by atoms with Crippen molar-refractivity contribution in [2.75, 3.05) is 32.7 Å². The first-order valence-electron chi connectivity index (χ1n) is 12.0. The second-order valence-corrected chi connectivity index (χ2v) is 10.2. The minimum atomic E-state index is -0.755. The van der Waals surface area contributed by atoms with Crippen LogP contribution in [0.1, 0.15) is 51.1 Å². The predicted octanol–water partition coefficient (Wildman–Crippen LogP) is 2.19. The summed E-state index contributed by atoms with van der Waals surface area (Å²) in [6.45, 7) is 8.75. The standard InChI is InChI=1S/C24H36N4O4/c1-16(2)25-24(32)27-9-7-18(11-23(30)31)19(15-27)6-8-26-12-17-10-20(14-26)21-4-3-5-22(29)28(21)13-17/h3-5,16-20H,6-15H2,1-2H3,(H,25,32)(H,30,31). The Bertz CT molecular complexity index is 898. The van der Waals surface area contributed by atoms with Gasteiger partial charge in [0.1, 0.15) is 0 Å². The number of carbonyl (C=O) groups excluding carboxylic acids is 1. The van der Waals surface area contributed by atoms with Gasteiger partial charge in [0.25, 0.3) is 5.56 Å². The second kappa shape index (κ2) is 9.65. The van der Waals surface area contributed by atoms with Crippen LogP contribution in [-0.4, -0.2) is 70.2 Å². The Morgan fingerprint density at radius 3 is 2.72 bits per heavy atom. The van der Waals surface area contributed by atoms with E-state index < -0.39 is 5.97 Å². The van der Waals surface area contributed by atoms with Crippen molar-refractivity contribution in [1.82, 2.24) is 19.7 Å². The number of urea groups is 1. The number of pyridine rings is 1. The van der Waals surface area contributed by atoms with Gasteiger partial charge in [0, 0.05) is 62.9 Å². The van der Waals surface area contributed by atoms with Crippen molar-refractivity contribution in [3.63, 3.8) is 0 Å². The van der Waals surface area contributed by atoms with Gasteiger partial charge in [0.15, 0.2) is 0 Å². The smallest absolute Gasteiger partial charge is 0.317 e. The van der Waals surface area contributed by atoms with Crippen molar-refractivity contribution in [2.24, 2.45) is 17.8 Å². The van der Waals surface area contributed by atoms with Gasteiger partial charge in [0.05, 0.1) is 0 Å². The molecular weight excluding hydrogens is 408 g/mol. The summed E-state index contributed by atoms with van der Waals surface area (Å²) in [7, 11) is 0. The molecule has 2 saturated heterocycles. The van der Waals surface area contributed by atoms with Gasteiger partial charge in [-0.15, -0.1) is 0 Å². The van der Waals surface area contributed by atoms with Crippen molar-refractivity contribution in [3.8, 4) is 0 Å². The molecule has 0 saturated carbocycles. The predicted molar refractivity (Wildman–Crippen MR) is 122 cm³/mol. The van der Waals surface area contributed by atoms with Crippen molar-refractivity contribution in [3.05, 3.63) is 34.2 Å². The number of nitrogens with one attached hydrogen (secondary N) is 1. The number of fused-ring (bicyclic) bond motifs is 4. The van der Waals surface area contributed by atoms with Gasteiger partial charge in [-0.1, -0.05) is 6.07 Å². The van der Waals surface area contributed by atoms with Crippen LogP contribution in [0.25, 0.3) is 0 Å². The lowest BCUT2D eigenvalue weighted by atomic mass is 9.80. The molecule has 2 fully saturated rings. The molecule has 3 aliphatic heterocycles. The molecule has 1 aromatic rings. The monoisotopic (exact) mass is 444 g/mol. The molecule has 176 valence electrons. The Kier molecular flexibility index (Phi) is 6.88. The van der Waals surface area contributed by atoms with Crippen LogP contribution in [0, 0.1) is 17.8 Å². The number of carboxylic acid groups (broad SMARTS) is 1. The fourth-order valence-electron chi connectivity index (χ4n) is 5.95. The molecule has 4 unspecified atom stereocenters. The highest BCUT2D eigenvalue weighted by Gasteiger charge is 2.36. The molecule has 1 aromatic heterocycles. The van der Waals surface area contributed by atoms with E-state index in [1.54, 1.807) is 6.07 Å². The zero-order valence-electron chi connectivity index (χ0n) is 19.2. The summed E-state index contributed by atoms with van der Waals surface area (Å²) in [5, 5.41) is 12.4. The Balaban J connectivity index is 1.39. The average Bonchev–Trinajstić information content (AvgIpc) is 2.73. The van der Waals surface area contributed by atoms with Crippen LogP contribution in [0.3, 0.4) is 0 Å². The van der Waals surface area contributed by atoms with Gasteiger partial charge in [-0.25, -0.2) is 4.79 Å². The molecule has 8 heteroatoms. The Morgan fingerprint density at radius 1 is 1.16 bits per heavy atom. The van der Waals surface area contributed by atoms with E-state index in [0.29, 0.717) is 24.9 Å². The van der Waals surface area contributed by atoms with Crippen molar-refractivity contribution in [2.45, 2.75) is 58.0 Å². The van der Waals surface area contributed by atoms with Gasteiger partial charge < -0.3 is 24.8 Å². The maximum atomic E-state index is 12.5. The normalized spacial score (nSPS) is 27.8. The Hall–Kier alpha value is -2.35. The minimum Gasteiger partial charge on any atom is -0.481 e. The van der Waals surface area contributed by atoms with Crippen LogP contribution in [0.5, 0.6) is 0 Å². The molecule has 0 aliphatic carbocycles. The first-order valence-corrected chi connectivity index (χ1v) is 12.0.